The SMILES string of the molecule is C[C@H](O)c1ccc(Oc2ccc(F)cc2F)c(Cl)c1. The molecule has 0 fully saturated rings. The summed E-state index contributed by atoms with van der Waals surface area (Å²) in [6.45, 7) is 1.60. The maximum atomic E-state index is 13.4. The monoisotopic (exact) mass is 284 g/mol. The summed E-state index contributed by atoms with van der Waals surface area (Å²) in [5.74, 6) is -1.37. The van der Waals surface area contributed by atoms with Gasteiger partial charge in [0.05, 0.1) is 11.1 Å². The molecule has 0 amide bonds. The van der Waals surface area contributed by atoms with Crippen molar-refractivity contribution in [2.24, 2.45) is 0 Å². The molecule has 0 aliphatic carbocycles. The number of ether oxygens (including phenoxy) is 1. The number of benzene rings is 2. The van der Waals surface area contributed by atoms with Crippen LogP contribution in [0.5, 0.6) is 11.5 Å². The molecular weight excluding hydrogens is 274 g/mol. The molecule has 0 aromatic heterocycles. The highest BCUT2D eigenvalue weighted by atomic mass is 35.5. The molecule has 19 heavy (non-hydrogen) atoms. The Hall–Kier alpha value is -1.65. The number of halogens is 3. The summed E-state index contributed by atoms with van der Waals surface area (Å²) in [5, 5.41) is 9.64. The highest BCUT2D eigenvalue weighted by molar-refractivity contribution is 6.32. The summed E-state index contributed by atoms with van der Waals surface area (Å²) < 4.78 is 31.5. The summed E-state index contributed by atoms with van der Waals surface area (Å²) in [6, 6.07) is 7.68. The van der Waals surface area contributed by atoms with Crippen molar-refractivity contribution in [2.75, 3.05) is 0 Å². The van der Waals surface area contributed by atoms with E-state index in [1.165, 1.54) is 18.2 Å². The minimum atomic E-state index is -0.810. The van der Waals surface area contributed by atoms with Crippen LogP contribution in [-0.2, 0) is 0 Å². The van der Waals surface area contributed by atoms with Crippen molar-refractivity contribution >= 4 is 11.6 Å². The molecule has 0 unspecified atom stereocenters. The summed E-state index contributed by atoms with van der Waals surface area (Å²) in [7, 11) is 0. The Balaban J connectivity index is 2.28. The average molecular weight is 285 g/mol. The van der Waals surface area contributed by atoms with Gasteiger partial charge in [0, 0.05) is 6.07 Å². The third-order valence-electron chi connectivity index (χ3n) is 2.55. The van der Waals surface area contributed by atoms with Crippen LogP contribution in [0, 0.1) is 11.6 Å². The Labute approximate surface area is 114 Å². The van der Waals surface area contributed by atoms with Gasteiger partial charge in [-0.3, -0.25) is 0 Å². The van der Waals surface area contributed by atoms with Crippen LogP contribution in [0.2, 0.25) is 5.02 Å². The van der Waals surface area contributed by atoms with Crippen molar-refractivity contribution in [2.45, 2.75) is 13.0 Å². The second kappa shape index (κ2) is 5.55. The zero-order valence-corrected chi connectivity index (χ0v) is 10.8. The molecule has 100 valence electrons. The quantitative estimate of drug-likeness (QED) is 0.901. The van der Waals surface area contributed by atoms with Crippen LogP contribution < -0.4 is 4.74 Å². The number of hydrogen-bond acceptors (Lipinski definition) is 2. The summed E-state index contributed by atoms with van der Waals surface area (Å²) in [4.78, 5) is 0. The van der Waals surface area contributed by atoms with Gasteiger partial charge in [-0.1, -0.05) is 17.7 Å². The minimum Gasteiger partial charge on any atom is -0.453 e. The van der Waals surface area contributed by atoms with Crippen LogP contribution in [0.4, 0.5) is 8.78 Å². The molecular formula is C14H11ClF2O2. The second-order valence-electron chi connectivity index (χ2n) is 4.04. The third-order valence-corrected chi connectivity index (χ3v) is 2.85. The lowest BCUT2D eigenvalue weighted by Crippen LogP contribution is -1.93. The molecule has 0 aliphatic heterocycles. The molecule has 2 aromatic rings. The Morgan fingerprint density at radius 1 is 1.11 bits per heavy atom. The normalized spacial score (nSPS) is 12.3. The largest absolute Gasteiger partial charge is 0.453 e. The van der Waals surface area contributed by atoms with E-state index in [1.807, 2.05) is 0 Å². The molecule has 1 atom stereocenters. The number of hydrogen-bond donors (Lipinski definition) is 1. The molecule has 0 aliphatic rings. The van der Waals surface area contributed by atoms with Gasteiger partial charge in [-0.25, -0.2) is 8.78 Å². The lowest BCUT2D eigenvalue weighted by atomic mass is 10.1. The first kappa shape index (κ1) is 13.8. The Morgan fingerprint density at radius 3 is 2.37 bits per heavy atom. The van der Waals surface area contributed by atoms with Crippen LogP contribution in [0.25, 0.3) is 0 Å². The van der Waals surface area contributed by atoms with Crippen LogP contribution >= 0.6 is 11.6 Å². The van der Waals surface area contributed by atoms with E-state index in [2.05, 4.69) is 0 Å². The van der Waals surface area contributed by atoms with Crippen molar-refractivity contribution in [3.8, 4) is 11.5 Å². The summed E-state index contributed by atoms with van der Waals surface area (Å²) in [6.07, 6.45) is -0.658. The van der Waals surface area contributed by atoms with E-state index in [4.69, 9.17) is 16.3 Å². The fraction of sp³-hybridized carbons (Fsp3) is 0.143. The first-order valence-electron chi connectivity index (χ1n) is 5.58. The molecule has 2 aromatic carbocycles. The fourth-order valence-corrected chi connectivity index (χ4v) is 1.76. The van der Waals surface area contributed by atoms with Crippen LogP contribution in [0.15, 0.2) is 36.4 Å². The lowest BCUT2D eigenvalue weighted by Gasteiger charge is -2.11. The van der Waals surface area contributed by atoms with Crippen molar-refractivity contribution in [1.29, 1.82) is 0 Å². The molecule has 1 N–H and O–H groups in total. The summed E-state index contributed by atoms with van der Waals surface area (Å²) >= 11 is 5.97. The minimum absolute atomic E-state index is 0.118. The molecule has 0 spiro atoms. The molecule has 2 rings (SSSR count). The van der Waals surface area contributed by atoms with Gasteiger partial charge in [-0.2, -0.15) is 0 Å². The fourth-order valence-electron chi connectivity index (χ4n) is 1.54. The lowest BCUT2D eigenvalue weighted by molar-refractivity contribution is 0.199. The zero-order valence-electron chi connectivity index (χ0n) is 10.0. The van der Waals surface area contributed by atoms with E-state index < -0.39 is 17.7 Å². The standard InChI is InChI=1S/C14H11ClF2O2/c1-8(18)9-2-4-13(11(15)6-9)19-14-5-3-10(16)7-12(14)17/h2-8,18H,1H3/t8-/m0/s1. The predicted octanol–water partition coefficient (Wildman–Crippen LogP) is 4.46. The third kappa shape index (κ3) is 3.22. The summed E-state index contributed by atoms with van der Waals surface area (Å²) in [5.41, 5.74) is 0.622. The van der Waals surface area contributed by atoms with E-state index in [9.17, 15) is 13.9 Å². The Bertz CT molecular complexity index is 600. The van der Waals surface area contributed by atoms with Gasteiger partial charge >= 0.3 is 0 Å². The molecule has 0 bridgehead atoms. The van der Waals surface area contributed by atoms with Gasteiger partial charge in [0.1, 0.15) is 11.6 Å². The van der Waals surface area contributed by atoms with Gasteiger partial charge in [-0.05, 0) is 36.8 Å². The van der Waals surface area contributed by atoms with Crippen molar-refractivity contribution < 1.29 is 18.6 Å². The van der Waals surface area contributed by atoms with E-state index >= 15 is 0 Å². The first-order valence-corrected chi connectivity index (χ1v) is 5.95. The Kier molecular flexibility index (Phi) is 4.02. The average Bonchev–Trinajstić information content (AvgIpc) is 2.34. The maximum Gasteiger partial charge on any atom is 0.168 e. The number of aliphatic hydroxyl groups excluding tert-OH is 1. The van der Waals surface area contributed by atoms with Gasteiger partial charge in [0.25, 0.3) is 0 Å². The highest BCUT2D eigenvalue weighted by Crippen LogP contribution is 2.32. The van der Waals surface area contributed by atoms with E-state index in [-0.39, 0.29) is 16.5 Å². The maximum absolute atomic E-state index is 13.4. The number of rotatable bonds is 3. The Morgan fingerprint density at radius 2 is 1.79 bits per heavy atom. The molecule has 5 heteroatoms. The van der Waals surface area contributed by atoms with Crippen LogP contribution in [-0.4, -0.2) is 5.11 Å². The van der Waals surface area contributed by atoms with Gasteiger partial charge < -0.3 is 9.84 Å². The molecule has 0 radical (unpaired) electrons. The second-order valence-corrected chi connectivity index (χ2v) is 4.45. The first-order chi connectivity index (χ1) is 8.97. The van der Waals surface area contributed by atoms with E-state index in [0.717, 1.165) is 12.1 Å². The molecule has 0 heterocycles. The molecule has 2 nitrogen and oxygen atoms in total. The van der Waals surface area contributed by atoms with E-state index in [0.29, 0.717) is 5.56 Å². The van der Waals surface area contributed by atoms with Crippen molar-refractivity contribution in [1.82, 2.24) is 0 Å². The predicted molar refractivity (Wildman–Crippen MR) is 68.5 cm³/mol. The number of aliphatic hydroxyl groups is 1. The molecule has 0 saturated heterocycles. The van der Waals surface area contributed by atoms with Crippen LogP contribution in [0.3, 0.4) is 0 Å². The topological polar surface area (TPSA) is 29.5 Å². The molecule has 0 saturated carbocycles. The van der Waals surface area contributed by atoms with Gasteiger partial charge in [0.2, 0.25) is 0 Å². The van der Waals surface area contributed by atoms with Crippen molar-refractivity contribution in [3.05, 3.63) is 58.6 Å². The zero-order chi connectivity index (χ0) is 14.0. The van der Waals surface area contributed by atoms with Crippen molar-refractivity contribution in [3.63, 3.8) is 0 Å². The van der Waals surface area contributed by atoms with Gasteiger partial charge in [0.15, 0.2) is 11.6 Å². The smallest absolute Gasteiger partial charge is 0.168 e. The van der Waals surface area contributed by atoms with Crippen LogP contribution in [0.1, 0.15) is 18.6 Å². The highest BCUT2D eigenvalue weighted by Gasteiger charge is 2.10. The van der Waals surface area contributed by atoms with E-state index in [1.54, 1.807) is 13.0 Å². The van der Waals surface area contributed by atoms with Gasteiger partial charge in [-0.15, -0.1) is 0 Å².